The molecular weight excluding hydrogens is 391 g/mol. The molecule has 9 heteroatoms. The zero-order chi connectivity index (χ0) is 19.0. The predicted octanol–water partition coefficient (Wildman–Crippen LogP) is 4.17. The molecule has 0 amide bonds. The minimum atomic E-state index is -0.599. The largest absolute Gasteiger partial charge is 0.466 e. The van der Waals surface area contributed by atoms with Crippen LogP contribution in [0.15, 0.2) is 11.6 Å². The molecule has 144 valence electrons. The van der Waals surface area contributed by atoms with Gasteiger partial charge in [-0.25, -0.2) is 14.4 Å². The number of nitrogens with zero attached hydrogens (tertiary/aromatic N) is 3. The first-order valence-corrected chi connectivity index (χ1v) is 10.4. The van der Waals surface area contributed by atoms with Crippen molar-refractivity contribution in [2.75, 3.05) is 11.9 Å². The fourth-order valence-electron chi connectivity index (χ4n) is 4.39. The van der Waals surface area contributed by atoms with Crippen LogP contribution in [0.25, 0.3) is 10.7 Å². The normalized spacial score (nSPS) is 26.8. The molecule has 0 aliphatic heterocycles. The second-order valence-corrected chi connectivity index (χ2v) is 8.20. The molecule has 2 heterocycles. The average Bonchev–Trinajstić information content (AvgIpc) is 3.20. The highest BCUT2D eigenvalue weighted by Gasteiger charge is 2.48. The molecule has 3 aliphatic carbocycles. The van der Waals surface area contributed by atoms with E-state index in [1.54, 1.807) is 18.5 Å². The van der Waals surface area contributed by atoms with Gasteiger partial charge in [-0.2, -0.15) is 4.98 Å². The third-order valence-electron chi connectivity index (χ3n) is 5.54. The Kier molecular flexibility index (Phi) is 5.27. The topological polar surface area (TPSA) is 77.0 Å². The van der Waals surface area contributed by atoms with Crippen molar-refractivity contribution >= 4 is 34.7 Å². The van der Waals surface area contributed by atoms with Crippen LogP contribution in [0, 0.1) is 23.6 Å². The van der Waals surface area contributed by atoms with Gasteiger partial charge in [0.25, 0.3) is 0 Å². The van der Waals surface area contributed by atoms with Crippen molar-refractivity contribution in [3.63, 3.8) is 0 Å². The number of carbonyl (C=O) groups excluding carboxylic acids is 1. The van der Waals surface area contributed by atoms with Gasteiger partial charge in [-0.1, -0.05) is 0 Å². The Bertz CT molecular complexity index is 827. The van der Waals surface area contributed by atoms with Crippen molar-refractivity contribution in [2.45, 2.75) is 38.6 Å². The van der Waals surface area contributed by atoms with Gasteiger partial charge in [0, 0.05) is 17.6 Å². The van der Waals surface area contributed by atoms with Gasteiger partial charge in [-0.15, -0.1) is 11.3 Å². The van der Waals surface area contributed by atoms with E-state index >= 15 is 4.39 Å². The van der Waals surface area contributed by atoms with Gasteiger partial charge in [0.2, 0.25) is 5.28 Å². The van der Waals surface area contributed by atoms with Crippen LogP contribution in [0.4, 0.5) is 10.2 Å². The van der Waals surface area contributed by atoms with E-state index in [1.807, 2.05) is 0 Å². The van der Waals surface area contributed by atoms with Crippen LogP contribution >= 0.6 is 22.9 Å². The number of thiazole rings is 1. The molecule has 3 aliphatic rings. The first-order valence-electron chi connectivity index (χ1n) is 9.14. The smallest absolute Gasteiger partial charge is 0.311 e. The monoisotopic (exact) mass is 410 g/mol. The van der Waals surface area contributed by atoms with Gasteiger partial charge in [0.05, 0.1) is 12.5 Å². The van der Waals surface area contributed by atoms with E-state index in [1.165, 1.54) is 11.3 Å². The highest BCUT2D eigenvalue weighted by atomic mass is 35.5. The van der Waals surface area contributed by atoms with Crippen molar-refractivity contribution < 1.29 is 13.9 Å². The summed E-state index contributed by atoms with van der Waals surface area (Å²) in [6.45, 7) is 2.13. The number of hydrogen-bond donors (Lipinski definition) is 1. The maximum Gasteiger partial charge on any atom is 0.311 e. The Morgan fingerprint density at radius 3 is 2.74 bits per heavy atom. The lowest BCUT2D eigenvalue weighted by atomic mass is 9.61. The summed E-state index contributed by atoms with van der Waals surface area (Å²) in [6, 6.07) is -0.221. The van der Waals surface area contributed by atoms with E-state index in [0.717, 1.165) is 25.7 Å². The van der Waals surface area contributed by atoms with Crippen LogP contribution in [0.1, 0.15) is 32.6 Å². The lowest BCUT2D eigenvalue weighted by Crippen LogP contribution is -2.52. The molecule has 2 aromatic rings. The number of carbonyl (C=O) groups is 1. The summed E-state index contributed by atoms with van der Waals surface area (Å²) in [4.78, 5) is 24.7. The van der Waals surface area contributed by atoms with E-state index in [-0.39, 0.29) is 46.6 Å². The molecule has 1 N–H and O–H groups in total. The van der Waals surface area contributed by atoms with Crippen molar-refractivity contribution in [1.82, 2.24) is 15.0 Å². The Labute approximate surface area is 165 Å². The molecule has 2 aromatic heterocycles. The third kappa shape index (κ3) is 3.52. The van der Waals surface area contributed by atoms with E-state index < -0.39 is 5.82 Å². The summed E-state index contributed by atoms with van der Waals surface area (Å²) >= 11 is 7.32. The third-order valence-corrected chi connectivity index (χ3v) is 6.49. The van der Waals surface area contributed by atoms with Crippen LogP contribution in [0.3, 0.4) is 0 Å². The van der Waals surface area contributed by atoms with Gasteiger partial charge in [0.1, 0.15) is 10.7 Å². The van der Waals surface area contributed by atoms with Crippen LogP contribution in [0.2, 0.25) is 5.28 Å². The number of fused-ring (bicyclic) bond motifs is 3. The van der Waals surface area contributed by atoms with Crippen LogP contribution < -0.4 is 5.32 Å². The number of aromatic nitrogens is 3. The van der Waals surface area contributed by atoms with Gasteiger partial charge in [-0.3, -0.25) is 4.79 Å². The van der Waals surface area contributed by atoms with E-state index in [9.17, 15) is 4.79 Å². The maximum atomic E-state index is 15.1. The lowest BCUT2D eigenvalue weighted by Gasteiger charge is -2.47. The van der Waals surface area contributed by atoms with E-state index in [0.29, 0.717) is 11.6 Å². The number of esters is 1. The minimum absolute atomic E-state index is 0.0204. The molecule has 2 atom stereocenters. The van der Waals surface area contributed by atoms with E-state index in [2.05, 4.69) is 20.3 Å². The van der Waals surface area contributed by atoms with Gasteiger partial charge in [0.15, 0.2) is 11.6 Å². The second-order valence-electron chi connectivity index (χ2n) is 6.96. The number of hydrogen-bond acceptors (Lipinski definition) is 7. The quantitative estimate of drug-likeness (QED) is 0.588. The van der Waals surface area contributed by atoms with Gasteiger partial charge >= 0.3 is 5.97 Å². The number of anilines is 1. The summed E-state index contributed by atoms with van der Waals surface area (Å²) in [5, 5.41) is 5.30. The van der Waals surface area contributed by atoms with Crippen molar-refractivity contribution in [3.05, 3.63) is 22.7 Å². The minimum Gasteiger partial charge on any atom is -0.466 e. The van der Waals surface area contributed by atoms with Crippen LogP contribution in [0.5, 0.6) is 0 Å². The molecule has 0 radical (unpaired) electrons. The Hall–Kier alpha value is -1.80. The number of nitrogens with one attached hydrogen (secondary N) is 1. The fourth-order valence-corrected chi connectivity index (χ4v) is 5.18. The summed E-state index contributed by atoms with van der Waals surface area (Å²) in [6.07, 6.45) is 5.61. The second kappa shape index (κ2) is 7.67. The van der Waals surface area contributed by atoms with E-state index in [4.69, 9.17) is 16.3 Å². The molecule has 27 heavy (non-hydrogen) atoms. The molecular formula is C18H20ClFN4O2S. The highest BCUT2D eigenvalue weighted by Crippen LogP contribution is 2.47. The summed E-state index contributed by atoms with van der Waals surface area (Å²) in [5.74, 6) is -0.560. The number of rotatable bonds is 5. The Morgan fingerprint density at radius 1 is 1.33 bits per heavy atom. The lowest BCUT2D eigenvalue weighted by molar-refractivity contribution is -0.154. The van der Waals surface area contributed by atoms with Crippen molar-refractivity contribution in [2.24, 2.45) is 17.8 Å². The van der Waals surface area contributed by atoms with Gasteiger partial charge in [-0.05, 0) is 56.0 Å². The Balaban J connectivity index is 1.67. The number of halogens is 2. The molecule has 6 nitrogen and oxygen atoms in total. The summed E-state index contributed by atoms with van der Waals surface area (Å²) in [5.41, 5.74) is 0.0705. The van der Waals surface area contributed by atoms with Crippen LogP contribution in [-0.2, 0) is 9.53 Å². The van der Waals surface area contributed by atoms with Crippen molar-refractivity contribution in [3.8, 4) is 10.7 Å². The summed E-state index contributed by atoms with van der Waals surface area (Å²) < 4.78 is 20.4. The average molecular weight is 411 g/mol. The predicted molar refractivity (Wildman–Crippen MR) is 101 cm³/mol. The maximum absolute atomic E-state index is 15.1. The van der Waals surface area contributed by atoms with Gasteiger partial charge < -0.3 is 10.1 Å². The molecule has 0 unspecified atom stereocenters. The van der Waals surface area contributed by atoms with Crippen molar-refractivity contribution in [1.29, 1.82) is 0 Å². The molecule has 3 saturated carbocycles. The molecule has 0 aromatic carbocycles. The number of ether oxygens (including phenoxy) is 1. The first-order chi connectivity index (χ1) is 13.1. The fraction of sp³-hybridized carbons (Fsp3) is 0.556. The molecule has 5 rings (SSSR count). The zero-order valence-electron chi connectivity index (χ0n) is 14.8. The standard InChI is InChI=1S/C18H20ClFN4O2S/c1-2-26-17(25)11-9-3-5-10(6-4-9)13(11)22-15-12(20)14(23-18(19)24-15)16-21-7-8-27-16/h7-11,13H,2-6H2,1H3,(H,22,23,24)/t9?,10?,11-,13-/m0/s1. The molecule has 3 fully saturated rings. The Morgan fingerprint density at radius 2 is 2.07 bits per heavy atom. The molecule has 2 bridgehead atoms. The summed E-state index contributed by atoms with van der Waals surface area (Å²) in [7, 11) is 0. The first kappa shape index (κ1) is 18.6. The molecule has 0 spiro atoms. The molecule has 0 saturated heterocycles. The highest BCUT2D eigenvalue weighted by molar-refractivity contribution is 7.13. The zero-order valence-corrected chi connectivity index (χ0v) is 16.4. The SMILES string of the molecule is CCOC(=O)[C@H]1C2CCC(CC2)[C@@H]1Nc1nc(Cl)nc(-c2nccs2)c1F. The van der Waals surface area contributed by atoms with Crippen LogP contribution in [-0.4, -0.2) is 33.6 Å².